The first-order valence-electron chi connectivity index (χ1n) is 5.66. The Morgan fingerprint density at radius 3 is 2.59 bits per heavy atom. The van der Waals surface area contributed by atoms with Gasteiger partial charge in [0, 0.05) is 12.8 Å². The summed E-state index contributed by atoms with van der Waals surface area (Å²) < 4.78 is 5.06. The van der Waals surface area contributed by atoms with Crippen molar-refractivity contribution >= 4 is 11.9 Å². The van der Waals surface area contributed by atoms with Gasteiger partial charge >= 0.3 is 5.97 Å². The third-order valence-electron chi connectivity index (χ3n) is 3.28. The molecule has 1 amide bonds. The van der Waals surface area contributed by atoms with E-state index in [9.17, 15) is 9.59 Å². The molecule has 4 nitrogen and oxygen atoms in total. The number of esters is 1. The maximum absolute atomic E-state index is 11.9. The molecule has 2 rings (SSSR count). The second kappa shape index (κ2) is 4.57. The number of amides is 1. The van der Waals surface area contributed by atoms with E-state index in [2.05, 4.69) is 0 Å². The van der Waals surface area contributed by atoms with Gasteiger partial charge in [0.05, 0.1) is 12.0 Å². The third kappa shape index (κ3) is 2.16. The largest absolute Gasteiger partial charge is 0.465 e. The molecule has 17 heavy (non-hydrogen) atoms. The average molecular weight is 233 g/mol. The highest BCUT2D eigenvalue weighted by molar-refractivity contribution is 5.86. The highest BCUT2D eigenvalue weighted by atomic mass is 16.5. The average Bonchev–Trinajstić information content (AvgIpc) is 2.70. The van der Waals surface area contributed by atoms with Crippen LogP contribution in [0, 0.1) is 0 Å². The summed E-state index contributed by atoms with van der Waals surface area (Å²) in [6.07, 6.45) is 1.23. The number of carbonyl (C=O) groups is 2. The van der Waals surface area contributed by atoms with Crippen molar-refractivity contribution in [2.24, 2.45) is 5.73 Å². The Morgan fingerprint density at radius 2 is 2.06 bits per heavy atom. The Labute approximate surface area is 99.8 Å². The summed E-state index contributed by atoms with van der Waals surface area (Å²) in [5, 5.41) is 0. The Hall–Kier alpha value is -1.84. The summed E-state index contributed by atoms with van der Waals surface area (Å²) >= 11 is 0. The van der Waals surface area contributed by atoms with Crippen molar-refractivity contribution < 1.29 is 14.3 Å². The molecule has 1 aromatic carbocycles. The summed E-state index contributed by atoms with van der Waals surface area (Å²) in [6, 6.07) is 9.45. The Kier molecular flexibility index (Phi) is 3.13. The summed E-state index contributed by atoms with van der Waals surface area (Å²) in [6.45, 7) is 0.409. The first-order valence-corrected chi connectivity index (χ1v) is 5.66. The van der Waals surface area contributed by atoms with Crippen molar-refractivity contribution in [1.29, 1.82) is 0 Å². The van der Waals surface area contributed by atoms with Crippen LogP contribution in [0.15, 0.2) is 30.3 Å². The first kappa shape index (κ1) is 11.6. The highest BCUT2D eigenvalue weighted by Crippen LogP contribution is 2.38. The van der Waals surface area contributed by atoms with Gasteiger partial charge < -0.3 is 10.5 Å². The predicted molar refractivity (Wildman–Crippen MR) is 62.1 cm³/mol. The molecule has 0 spiro atoms. The van der Waals surface area contributed by atoms with Crippen LogP contribution in [0.4, 0.5) is 0 Å². The zero-order valence-electron chi connectivity index (χ0n) is 9.52. The molecule has 0 saturated carbocycles. The minimum atomic E-state index is -0.684. The molecule has 0 aliphatic carbocycles. The lowest BCUT2D eigenvalue weighted by atomic mass is 9.75. The van der Waals surface area contributed by atoms with E-state index in [4.69, 9.17) is 10.5 Å². The fourth-order valence-corrected chi connectivity index (χ4v) is 2.29. The molecule has 4 heteroatoms. The molecule has 1 aliphatic rings. The smallest absolute Gasteiger partial charge is 0.316 e. The van der Waals surface area contributed by atoms with Crippen molar-refractivity contribution in [3.8, 4) is 0 Å². The van der Waals surface area contributed by atoms with E-state index in [0.29, 0.717) is 19.4 Å². The van der Waals surface area contributed by atoms with Gasteiger partial charge in [-0.05, 0) is 12.0 Å². The van der Waals surface area contributed by atoms with Crippen LogP contribution in [0.2, 0.25) is 0 Å². The fraction of sp³-hybridized carbons (Fsp3) is 0.385. The molecule has 90 valence electrons. The van der Waals surface area contributed by atoms with Crippen molar-refractivity contribution in [3.63, 3.8) is 0 Å². The van der Waals surface area contributed by atoms with Gasteiger partial charge in [0.1, 0.15) is 0 Å². The van der Waals surface area contributed by atoms with E-state index in [0.717, 1.165) is 5.56 Å². The van der Waals surface area contributed by atoms with Crippen LogP contribution in [0.25, 0.3) is 0 Å². The number of carbonyl (C=O) groups excluding carboxylic acids is 2. The van der Waals surface area contributed by atoms with Crippen molar-refractivity contribution in [1.82, 2.24) is 0 Å². The molecular weight excluding hydrogens is 218 g/mol. The number of benzene rings is 1. The molecule has 1 atom stereocenters. The summed E-state index contributed by atoms with van der Waals surface area (Å²) in [5.74, 6) is -0.634. The van der Waals surface area contributed by atoms with Crippen LogP contribution < -0.4 is 5.73 Å². The third-order valence-corrected chi connectivity index (χ3v) is 3.28. The molecule has 1 aromatic rings. The molecule has 1 fully saturated rings. The normalized spacial score (nSPS) is 23.4. The van der Waals surface area contributed by atoms with Gasteiger partial charge in [0.2, 0.25) is 5.91 Å². The van der Waals surface area contributed by atoms with E-state index >= 15 is 0 Å². The van der Waals surface area contributed by atoms with Crippen LogP contribution >= 0.6 is 0 Å². The van der Waals surface area contributed by atoms with E-state index < -0.39 is 5.41 Å². The van der Waals surface area contributed by atoms with E-state index in [1.165, 1.54) is 0 Å². The zero-order valence-corrected chi connectivity index (χ0v) is 9.52. The minimum absolute atomic E-state index is 0.198. The predicted octanol–water partition coefficient (Wildman–Crippen LogP) is 1.14. The van der Waals surface area contributed by atoms with Gasteiger partial charge in [-0.3, -0.25) is 9.59 Å². The molecular formula is C13H15NO3. The van der Waals surface area contributed by atoms with Crippen LogP contribution in [0.1, 0.15) is 24.8 Å². The summed E-state index contributed by atoms with van der Waals surface area (Å²) in [4.78, 5) is 22.8. The molecule has 0 bridgehead atoms. The number of primary amides is 1. The Morgan fingerprint density at radius 1 is 1.35 bits per heavy atom. The number of ether oxygens (including phenoxy) is 1. The molecule has 1 unspecified atom stereocenters. The second-order valence-corrected chi connectivity index (χ2v) is 4.30. The number of rotatable bonds is 4. The van der Waals surface area contributed by atoms with Gasteiger partial charge in [-0.25, -0.2) is 0 Å². The summed E-state index contributed by atoms with van der Waals surface area (Å²) in [5.41, 5.74) is 5.38. The van der Waals surface area contributed by atoms with Crippen molar-refractivity contribution in [3.05, 3.63) is 35.9 Å². The van der Waals surface area contributed by atoms with E-state index in [1.807, 2.05) is 30.3 Å². The van der Waals surface area contributed by atoms with Gasteiger partial charge in [-0.1, -0.05) is 30.3 Å². The lowest BCUT2D eigenvalue weighted by Crippen LogP contribution is -2.33. The lowest BCUT2D eigenvalue weighted by molar-refractivity contribution is -0.143. The molecule has 1 aliphatic heterocycles. The lowest BCUT2D eigenvalue weighted by Gasteiger charge is -2.24. The molecule has 1 saturated heterocycles. The minimum Gasteiger partial charge on any atom is -0.465 e. The van der Waals surface area contributed by atoms with Crippen molar-refractivity contribution in [2.45, 2.75) is 24.7 Å². The number of cyclic esters (lactones) is 1. The number of nitrogens with two attached hydrogens (primary N) is 1. The van der Waals surface area contributed by atoms with Crippen LogP contribution in [-0.2, 0) is 19.7 Å². The topological polar surface area (TPSA) is 69.4 Å². The van der Waals surface area contributed by atoms with Gasteiger partial charge in [0.25, 0.3) is 0 Å². The van der Waals surface area contributed by atoms with Crippen LogP contribution in [0.5, 0.6) is 0 Å². The number of hydrogen-bond acceptors (Lipinski definition) is 3. The molecule has 1 heterocycles. The molecule has 0 radical (unpaired) electrons. The standard InChI is InChI=1S/C13H15NO3/c14-11(15)6-7-13(8-9-17-12(13)16)10-4-2-1-3-5-10/h1-5H,6-9H2,(H2,14,15). The first-order chi connectivity index (χ1) is 8.15. The van der Waals surface area contributed by atoms with Gasteiger partial charge in [0.15, 0.2) is 0 Å². The Balaban J connectivity index is 2.31. The fourth-order valence-electron chi connectivity index (χ4n) is 2.29. The maximum atomic E-state index is 11.9. The molecule has 0 aromatic heterocycles. The monoisotopic (exact) mass is 233 g/mol. The van der Waals surface area contributed by atoms with Crippen LogP contribution in [-0.4, -0.2) is 18.5 Å². The van der Waals surface area contributed by atoms with Gasteiger partial charge in [-0.15, -0.1) is 0 Å². The summed E-state index contributed by atoms with van der Waals surface area (Å²) in [7, 11) is 0. The zero-order chi connectivity index (χ0) is 12.3. The highest BCUT2D eigenvalue weighted by Gasteiger charge is 2.45. The van der Waals surface area contributed by atoms with E-state index in [-0.39, 0.29) is 18.3 Å². The Bertz CT molecular complexity index is 430. The van der Waals surface area contributed by atoms with Crippen molar-refractivity contribution in [2.75, 3.05) is 6.61 Å². The number of hydrogen-bond donors (Lipinski definition) is 1. The SMILES string of the molecule is NC(=O)CCC1(c2ccccc2)CCOC1=O. The maximum Gasteiger partial charge on any atom is 0.316 e. The second-order valence-electron chi connectivity index (χ2n) is 4.30. The van der Waals surface area contributed by atoms with Crippen LogP contribution in [0.3, 0.4) is 0 Å². The van der Waals surface area contributed by atoms with Gasteiger partial charge in [-0.2, -0.15) is 0 Å². The quantitative estimate of drug-likeness (QED) is 0.793. The molecule has 2 N–H and O–H groups in total. The van der Waals surface area contributed by atoms with E-state index in [1.54, 1.807) is 0 Å².